The van der Waals surface area contributed by atoms with Gasteiger partial charge in [-0.25, -0.2) is 0 Å². The topological polar surface area (TPSA) is 44.1 Å². The fraction of sp³-hybridized carbons (Fsp3) is 0.500. The summed E-state index contributed by atoms with van der Waals surface area (Å²) in [6.07, 6.45) is 1.98. The molecule has 1 aromatic carbocycles. The van der Waals surface area contributed by atoms with Crippen molar-refractivity contribution in [2.45, 2.75) is 33.2 Å². The third kappa shape index (κ3) is 2.96. The van der Waals surface area contributed by atoms with Crippen LogP contribution in [0.5, 0.6) is 0 Å². The molecule has 1 atom stereocenters. The molecule has 0 radical (unpaired) electrons. The zero-order chi connectivity index (χ0) is 13.8. The van der Waals surface area contributed by atoms with E-state index in [1.54, 1.807) is 0 Å². The summed E-state index contributed by atoms with van der Waals surface area (Å²) in [5.74, 6) is -0.476. The molecule has 3 nitrogen and oxygen atoms in total. The van der Waals surface area contributed by atoms with Crippen LogP contribution in [-0.4, -0.2) is 17.4 Å². The van der Waals surface area contributed by atoms with Gasteiger partial charge in [0.05, 0.1) is 6.07 Å². The summed E-state index contributed by atoms with van der Waals surface area (Å²) in [6, 6.07) is 10.4. The molecule has 1 amide bonds. The van der Waals surface area contributed by atoms with Crippen LogP contribution in [0.2, 0.25) is 0 Å². The van der Waals surface area contributed by atoms with Crippen LogP contribution in [0.15, 0.2) is 24.3 Å². The molecule has 0 saturated heterocycles. The summed E-state index contributed by atoms with van der Waals surface area (Å²) >= 11 is 0. The second-order valence-electron chi connectivity index (χ2n) is 5.48. The Labute approximate surface area is 114 Å². The van der Waals surface area contributed by atoms with Crippen molar-refractivity contribution < 1.29 is 4.79 Å². The molecule has 1 aliphatic rings. The Morgan fingerprint density at radius 3 is 2.63 bits per heavy atom. The van der Waals surface area contributed by atoms with E-state index < -0.39 is 5.92 Å². The summed E-state index contributed by atoms with van der Waals surface area (Å²) in [4.78, 5) is 14.3. The van der Waals surface area contributed by atoms with Gasteiger partial charge in [-0.3, -0.25) is 4.79 Å². The first-order chi connectivity index (χ1) is 9.13. The van der Waals surface area contributed by atoms with E-state index in [2.05, 4.69) is 18.2 Å². The third-order valence-electron chi connectivity index (χ3n) is 3.74. The number of amides is 1. The Kier molecular flexibility index (Phi) is 4.21. The van der Waals surface area contributed by atoms with Crippen LogP contribution >= 0.6 is 0 Å². The maximum Gasteiger partial charge on any atom is 0.240 e. The lowest BCUT2D eigenvalue weighted by Gasteiger charge is -2.25. The summed E-state index contributed by atoms with van der Waals surface area (Å²) in [7, 11) is 0. The monoisotopic (exact) mass is 256 g/mol. The number of hydrogen-bond acceptors (Lipinski definition) is 2. The zero-order valence-electron chi connectivity index (χ0n) is 11.6. The van der Waals surface area contributed by atoms with E-state index in [9.17, 15) is 4.79 Å². The predicted octanol–water partition coefficient (Wildman–Crippen LogP) is 2.76. The van der Waals surface area contributed by atoms with Crippen molar-refractivity contribution in [2.24, 2.45) is 11.8 Å². The highest BCUT2D eigenvalue weighted by atomic mass is 16.2. The average molecular weight is 256 g/mol. The molecule has 0 saturated carbocycles. The number of carbonyl (C=O) groups excluding carboxylic acids is 1. The second-order valence-corrected chi connectivity index (χ2v) is 5.48. The Morgan fingerprint density at radius 1 is 1.32 bits per heavy atom. The number of nitriles is 1. The molecule has 0 bridgehead atoms. The number of nitrogens with zero attached hydrogens (tertiary/aromatic N) is 2. The largest absolute Gasteiger partial charge is 0.337 e. The van der Waals surface area contributed by atoms with Gasteiger partial charge in [0.15, 0.2) is 0 Å². The molecule has 1 aromatic rings. The molecule has 19 heavy (non-hydrogen) atoms. The van der Waals surface area contributed by atoms with Crippen molar-refractivity contribution >= 4 is 5.91 Å². The first-order valence-corrected chi connectivity index (χ1v) is 6.88. The van der Waals surface area contributed by atoms with Gasteiger partial charge in [-0.05, 0) is 29.9 Å². The molecule has 3 heteroatoms. The molecule has 0 aromatic heterocycles. The number of aryl methyl sites for hydroxylation is 1. The van der Waals surface area contributed by atoms with Gasteiger partial charge in [-0.15, -0.1) is 0 Å². The van der Waals surface area contributed by atoms with E-state index in [0.29, 0.717) is 6.54 Å². The van der Waals surface area contributed by atoms with E-state index in [-0.39, 0.29) is 11.8 Å². The zero-order valence-corrected chi connectivity index (χ0v) is 11.6. The van der Waals surface area contributed by atoms with Gasteiger partial charge in [0.2, 0.25) is 5.91 Å². The fourth-order valence-corrected chi connectivity index (χ4v) is 2.57. The lowest BCUT2D eigenvalue weighted by molar-refractivity contribution is -0.135. The van der Waals surface area contributed by atoms with Gasteiger partial charge in [0.25, 0.3) is 0 Å². The first kappa shape index (κ1) is 13.6. The van der Waals surface area contributed by atoms with E-state index in [4.69, 9.17) is 5.26 Å². The van der Waals surface area contributed by atoms with Crippen molar-refractivity contribution in [1.29, 1.82) is 5.26 Å². The molecule has 0 N–H and O–H groups in total. The molecular formula is C16H20N2O. The van der Waals surface area contributed by atoms with E-state index in [1.165, 1.54) is 11.1 Å². The highest BCUT2D eigenvalue weighted by Gasteiger charge is 2.28. The molecule has 1 aliphatic heterocycles. The standard InChI is InChI=1S/C16H20N2O/c1-12(2)15(10-17)16(19)18-9-5-8-13-6-3-4-7-14(13)11-18/h3-4,6-7,12,15H,5,8-9,11H2,1-2H3. The van der Waals surface area contributed by atoms with Gasteiger partial charge in [-0.2, -0.15) is 5.26 Å². The van der Waals surface area contributed by atoms with Crippen LogP contribution in [0.1, 0.15) is 31.4 Å². The first-order valence-electron chi connectivity index (χ1n) is 6.88. The number of carbonyl (C=O) groups is 1. The molecule has 0 spiro atoms. The highest BCUT2D eigenvalue weighted by Crippen LogP contribution is 2.21. The average Bonchev–Trinajstić information content (AvgIpc) is 2.60. The second kappa shape index (κ2) is 5.88. The minimum atomic E-state index is -0.523. The van der Waals surface area contributed by atoms with Crippen molar-refractivity contribution in [1.82, 2.24) is 4.90 Å². The molecule has 1 heterocycles. The fourth-order valence-electron chi connectivity index (χ4n) is 2.57. The molecule has 2 rings (SSSR count). The maximum absolute atomic E-state index is 12.4. The van der Waals surface area contributed by atoms with Crippen LogP contribution in [0.25, 0.3) is 0 Å². The van der Waals surface area contributed by atoms with Crippen molar-refractivity contribution in [3.05, 3.63) is 35.4 Å². The number of hydrogen-bond donors (Lipinski definition) is 0. The summed E-state index contributed by atoms with van der Waals surface area (Å²) in [5, 5.41) is 9.17. The lowest BCUT2D eigenvalue weighted by atomic mass is 9.96. The van der Waals surface area contributed by atoms with Crippen molar-refractivity contribution in [3.8, 4) is 6.07 Å². The summed E-state index contributed by atoms with van der Waals surface area (Å²) in [6.45, 7) is 5.24. The Hall–Kier alpha value is -1.82. The number of benzene rings is 1. The summed E-state index contributed by atoms with van der Waals surface area (Å²) in [5.41, 5.74) is 2.55. The molecule has 1 unspecified atom stereocenters. The quantitative estimate of drug-likeness (QED) is 0.816. The molecule has 100 valence electrons. The van der Waals surface area contributed by atoms with Crippen molar-refractivity contribution in [2.75, 3.05) is 6.54 Å². The van der Waals surface area contributed by atoms with Gasteiger partial charge < -0.3 is 4.90 Å². The van der Waals surface area contributed by atoms with Crippen LogP contribution in [0.3, 0.4) is 0 Å². The van der Waals surface area contributed by atoms with Gasteiger partial charge in [-0.1, -0.05) is 38.1 Å². The number of fused-ring (bicyclic) bond motifs is 1. The summed E-state index contributed by atoms with van der Waals surface area (Å²) < 4.78 is 0. The smallest absolute Gasteiger partial charge is 0.240 e. The minimum Gasteiger partial charge on any atom is -0.337 e. The Bertz CT molecular complexity index is 502. The van der Waals surface area contributed by atoms with Gasteiger partial charge in [0.1, 0.15) is 5.92 Å². The predicted molar refractivity (Wildman–Crippen MR) is 74.1 cm³/mol. The van der Waals surface area contributed by atoms with Gasteiger partial charge >= 0.3 is 0 Å². The van der Waals surface area contributed by atoms with Crippen LogP contribution in [0.4, 0.5) is 0 Å². The SMILES string of the molecule is CC(C)C(C#N)C(=O)N1CCCc2ccccc2C1. The van der Waals surface area contributed by atoms with E-state index in [0.717, 1.165) is 19.4 Å². The normalized spacial score (nSPS) is 16.4. The highest BCUT2D eigenvalue weighted by molar-refractivity contribution is 5.81. The van der Waals surface area contributed by atoms with E-state index >= 15 is 0 Å². The molecular weight excluding hydrogens is 236 g/mol. The molecule has 0 aliphatic carbocycles. The Balaban J connectivity index is 2.19. The van der Waals surface area contributed by atoms with Crippen molar-refractivity contribution in [3.63, 3.8) is 0 Å². The van der Waals surface area contributed by atoms with Crippen LogP contribution in [-0.2, 0) is 17.8 Å². The lowest BCUT2D eigenvalue weighted by Crippen LogP contribution is -2.37. The van der Waals surface area contributed by atoms with Crippen LogP contribution in [0, 0.1) is 23.2 Å². The molecule has 0 fully saturated rings. The third-order valence-corrected chi connectivity index (χ3v) is 3.74. The van der Waals surface area contributed by atoms with E-state index in [1.807, 2.05) is 30.9 Å². The minimum absolute atomic E-state index is 0.0193. The van der Waals surface area contributed by atoms with Gasteiger partial charge in [0, 0.05) is 13.1 Å². The number of rotatable bonds is 2. The van der Waals surface area contributed by atoms with Crippen LogP contribution < -0.4 is 0 Å². The Morgan fingerprint density at radius 2 is 2.00 bits per heavy atom. The maximum atomic E-state index is 12.4.